The molecule has 2 aliphatic rings. The fourth-order valence-electron chi connectivity index (χ4n) is 2.38. The molecule has 0 aromatic carbocycles. The average Bonchev–Trinajstić information content (AvgIpc) is 2.07. The van der Waals surface area contributed by atoms with Gasteiger partial charge in [-0.3, -0.25) is 0 Å². The summed E-state index contributed by atoms with van der Waals surface area (Å²) in [6.07, 6.45) is 6.69. The zero-order valence-corrected chi connectivity index (χ0v) is 5.73. The summed E-state index contributed by atoms with van der Waals surface area (Å²) in [6.45, 7) is 0. The van der Waals surface area contributed by atoms with Gasteiger partial charge in [-0.05, 0) is 31.6 Å². The van der Waals surface area contributed by atoms with Crippen LogP contribution in [0, 0.1) is 5.92 Å². The molecule has 2 fully saturated rings. The molecule has 2 saturated carbocycles. The Morgan fingerprint density at radius 2 is 2.11 bits per heavy atom. The molecule has 0 spiro atoms. The Hall–Kier alpha value is -0.0400. The van der Waals surface area contributed by atoms with Crippen LogP contribution in [0.3, 0.4) is 0 Å². The summed E-state index contributed by atoms with van der Waals surface area (Å²) in [7, 11) is 0. The molecule has 2 rings (SSSR count). The molecular formula is C8H13O. The van der Waals surface area contributed by atoms with Crippen molar-refractivity contribution in [1.82, 2.24) is 0 Å². The Morgan fingerprint density at radius 3 is 2.78 bits per heavy atom. The third-order valence-corrected chi connectivity index (χ3v) is 2.91. The highest BCUT2D eigenvalue weighted by molar-refractivity contribution is 4.92. The first-order chi connectivity index (χ1) is 4.29. The van der Waals surface area contributed by atoms with E-state index in [1.807, 2.05) is 0 Å². The van der Waals surface area contributed by atoms with Gasteiger partial charge in [0, 0.05) is 0 Å². The van der Waals surface area contributed by atoms with Gasteiger partial charge in [-0.25, -0.2) is 5.11 Å². The van der Waals surface area contributed by atoms with Gasteiger partial charge >= 0.3 is 0 Å². The summed E-state index contributed by atoms with van der Waals surface area (Å²) < 4.78 is 0. The second-order valence-corrected chi connectivity index (χ2v) is 3.68. The molecule has 2 atom stereocenters. The van der Waals surface area contributed by atoms with Crippen molar-refractivity contribution in [3.8, 4) is 0 Å². The van der Waals surface area contributed by atoms with E-state index in [4.69, 9.17) is 0 Å². The third-order valence-electron chi connectivity index (χ3n) is 2.91. The SMILES string of the molecule is [O]C12CCCC(CC1)C2. The summed E-state index contributed by atoms with van der Waals surface area (Å²) in [5.41, 5.74) is -0.455. The molecule has 2 aliphatic carbocycles. The normalized spacial score (nSPS) is 49.7. The van der Waals surface area contributed by atoms with Crippen LogP contribution in [0.15, 0.2) is 0 Å². The van der Waals surface area contributed by atoms with E-state index < -0.39 is 5.60 Å². The van der Waals surface area contributed by atoms with Gasteiger partial charge in [0.25, 0.3) is 0 Å². The van der Waals surface area contributed by atoms with E-state index in [0.717, 1.165) is 25.2 Å². The third kappa shape index (κ3) is 0.877. The second kappa shape index (κ2) is 1.72. The summed E-state index contributed by atoms with van der Waals surface area (Å²) >= 11 is 0. The first kappa shape index (κ1) is 5.72. The molecule has 2 bridgehead atoms. The minimum Gasteiger partial charge on any atom is -0.229 e. The first-order valence-electron chi connectivity index (χ1n) is 3.99. The topological polar surface area (TPSA) is 19.9 Å². The summed E-state index contributed by atoms with van der Waals surface area (Å²) in [4.78, 5) is 0. The monoisotopic (exact) mass is 125 g/mol. The number of rotatable bonds is 0. The van der Waals surface area contributed by atoms with Crippen molar-refractivity contribution in [2.45, 2.75) is 44.1 Å². The molecule has 1 radical (unpaired) electrons. The zero-order valence-electron chi connectivity index (χ0n) is 5.73. The Labute approximate surface area is 56.1 Å². The van der Waals surface area contributed by atoms with Gasteiger partial charge in [0.1, 0.15) is 5.60 Å². The van der Waals surface area contributed by atoms with Crippen LogP contribution in [-0.2, 0) is 5.11 Å². The van der Waals surface area contributed by atoms with Crippen LogP contribution in [-0.4, -0.2) is 5.60 Å². The maximum atomic E-state index is 11.5. The van der Waals surface area contributed by atoms with E-state index in [1.54, 1.807) is 0 Å². The van der Waals surface area contributed by atoms with Crippen LogP contribution in [0.1, 0.15) is 38.5 Å². The average molecular weight is 125 g/mol. The van der Waals surface area contributed by atoms with Gasteiger partial charge in [0.05, 0.1) is 0 Å². The predicted molar refractivity (Wildman–Crippen MR) is 34.6 cm³/mol. The van der Waals surface area contributed by atoms with Crippen molar-refractivity contribution >= 4 is 0 Å². The van der Waals surface area contributed by atoms with E-state index in [9.17, 15) is 5.11 Å². The zero-order chi connectivity index (χ0) is 6.32. The molecule has 1 nitrogen and oxygen atoms in total. The van der Waals surface area contributed by atoms with Crippen LogP contribution in [0.2, 0.25) is 0 Å². The van der Waals surface area contributed by atoms with E-state index in [0.29, 0.717) is 0 Å². The van der Waals surface area contributed by atoms with Crippen LogP contribution in [0.25, 0.3) is 0 Å². The van der Waals surface area contributed by atoms with Gasteiger partial charge in [-0.15, -0.1) is 0 Å². The molecule has 0 aromatic rings. The summed E-state index contributed by atoms with van der Waals surface area (Å²) in [6, 6.07) is 0. The molecule has 0 amide bonds. The van der Waals surface area contributed by atoms with Gasteiger partial charge < -0.3 is 0 Å². The largest absolute Gasteiger partial charge is 0.229 e. The van der Waals surface area contributed by atoms with Crippen LogP contribution >= 0.6 is 0 Å². The van der Waals surface area contributed by atoms with Gasteiger partial charge in [-0.1, -0.05) is 12.8 Å². The van der Waals surface area contributed by atoms with Crippen molar-refractivity contribution in [3.05, 3.63) is 0 Å². The Bertz CT molecular complexity index is 118. The molecule has 9 heavy (non-hydrogen) atoms. The highest BCUT2D eigenvalue weighted by Crippen LogP contribution is 2.45. The van der Waals surface area contributed by atoms with Crippen LogP contribution in [0.5, 0.6) is 0 Å². The molecule has 2 unspecified atom stereocenters. The smallest absolute Gasteiger partial charge is 0.104 e. The highest BCUT2D eigenvalue weighted by Gasteiger charge is 2.41. The minimum atomic E-state index is -0.455. The fourth-order valence-corrected chi connectivity index (χ4v) is 2.38. The standard InChI is InChI=1S/C8H13O/c9-8-4-1-2-7(6-8)3-5-8/h7H,1-6H2. The Kier molecular flexibility index (Phi) is 1.10. The van der Waals surface area contributed by atoms with Crippen molar-refractivity contribution < 1.29 is 5.11 Å². The van der Waals surface area contributed by atoms with E-state index >= 15 is 0 Å². The lowest BCUT2D eigenvalue weighted by Crippen LogP contribution is -2.25. The fraction of sp³-hybridized carbons (Fsp3) is 1.00. The lowest BCUT2D eigenvalue weighted by molar-refractivity contribution is -0.0451. The maximum Gasteiger partial charge on any atom is 0.104 e. The molecule has 1 heteroatoms. The van der Waals surface area contributed by atoms with E-state index in [1.165, 1.54) is 19.3 Å². The lowest BCUT2D eigenvalue weighted by Gasteiger charge is -2.24. The maximum absolute atomic E-state index is 11.5. The summed E-state index contributed by atoms with van der Waals surface area (Å²) in [5, 5.41) is 11.5. The molecule has 0 aliphatic heterocycles. The van der Waals surface area contributed by atoms with Gasteiger partial charge in [0.15, 0.2) is 0 Å². The van der Waals surface area contributed by atoms with E-state index in [2.05, 4.69) is 0 Å². The van der Waals surface area contributed by atoms with Crippen LogP contribution in [0.4, 0.5) is 0 Å². The predicted octanol–water partition coefficient (Wildman–Crippen LogP) is 2.14. The molecule has 0 heterocycles. The van der Waals surface area contributed by atoms with Gasteiger partial charge in [-0.2, -0.15) is 0 Å². The van der Waals surface area contributed by atoms with Crippen LogP contribution < -0.4 is 0 Å². The molecule has 0 saturated heterocycles. The van der Waals surface area contributed by atoms with Crippen molar-refractivity contribution in [1.29, 1.82) is 0 Å². The second-order valence-electron chi connectivity index (χ2n) is 3.68. The lowest BCUT2D eigenvalue weighted by atomic mass is 9.86. The van der Waals surface area contributed by atoms with Crippen molar-refractivity contribution in [2.75, 3.05) is 0 Å². The summed E-state index contributed by atoms with van der Waals surface area (Å²) in [5.74, 6) is 0.816. The first-order valence-corrected chi connectivity index (χ1v) is 3.99. The molecule has 51 valence electrons. The minimum absolute atomic E-state index is 0.455. The van der Waals surface area contributed by atoms with Gasteiger partial charge in [0.2, 0.25) is 0 Å². The number of fused-ring (bicyclic) bond motifs is 2. The number of hydrogen-bond acceptors (Lipinski definition) is 0. The highest BCUT2D eigenvalue weighted by atomic mass is 16.3. The number of hydrogen-bond donors (Lipinski definition) is 0. The molecule has 0 aromatic heterocycles. The van der Waals surface area contributed by atoms with E-state index in [-0.39, 0.29) is 0 Å². The molecule has 0 N–H and O–H groups in total. The van der Waals surface area contributed by atoms with Crippen molar-refractivity contribution in [2.24, 2.45) is 5.92 Å². The quantitative estimate of drug-likeness (QED) is 0.472. The Morgan fingerprint density at radius 1 is 1.22 bits per heavy atom. The Balaban J connectivity index is 2.13. The van der Waals surface area contributed by atoms with Crippen molar-refractivity contribution in [3.63, 3.8) is 0 Å². The molecular weight excluding hydrogens is 112 g/mol.